The van der Waals surface area contributed by atoms with Crippen LogP contribution in [0.4, 0.5) is 8.78 Å². The molecule has 25 heavy (non-hydrogen) atoms. The van der Waals surface area contributed by atoms with E-state index in [1.54, 1.807) is 0 Å². The molecular formula is C19H19ClF2N2O. The van der Waals surface area contributed by atoms with E-state index < -0.39 is 11.6 Å². The molecular weight excluding hydrogens is 346 g/mol. The van der Waals surface area contributed by atoms with E-state index in [0.29, 0.717) is 18.5 Å². The molecule has 3 nitrogen and oxygen atoms in total. The molecule has 1 saturated carbocycles. The van der Waals surface area contributed by atoms with Crippen LogP contribution in [0.2, 0.25) is 0 Å². The summed E-state index contributed by atoms with van der Waals surface area (Å²) in [4.78, 5) is 12.3. The average molecular weight is 365 g/mol. The van der Waals surface area contributed by atoms with Crippen LogP contribution in [-0.2, 0) is 24.4 Å². The van der Waals surface area contributed by atoms with Crippen LogP contribution in [0.15, 0.2) is 36.4 Å². The van der Waals surface area contributed by atoms with Crippen LogP contribution in [0.1, 0.15) is 34.6 Å². The lowest BCUT2D eigenvalue weighted by Gasteiger charge is -2.07. The highest BCUT2D eigenvalue weighted by Gasteiger charge is 2.45. The van der Waals surface area contributed by atoms with Crippen LogP contribution < -0.4 is 10.6 Å². The maximum atomic E-state index is 13.8. The van der Waals surface area contributed by atoms with Gasteiger partial charge in [0.25, 0.3) is 0 Å². The molecule has 2 atom stereocenters. The number of rotatable bonds is 4. The summed E-state index contributed by atoms with van der Waals surface area (Å²) in [5.41, 5.74) is 3.93. The van der Waals surface area contributed by atoms with Crippen molar-refractivity contribution < 1.29 is 13.6 Å². The number of hydrogen-bond donors (Lipinski definition) is 2. The van der Waals surface area contributed by atoms with Crippen LogP contribution in [-0.4, -0.2) is 5.91 Å². The Hall–Kier alpha value is -1.98. The van der Waals surface area contributed by atoms with Gasteiger partial charge in [-0.05, 0) is 52.8 Å². The van der Waals surface area contributed by atoms with Crippen molar-refractivity contribution in [2.45, 2.75) is 32.0 Å². The zero-order valence-electron chi connectivity index (χ0n) is 13.5. The summed E-state index contributed by atoms with van der Waals surface area (Å²) in [7, 11) is 0. The van der Waals surface area contributed by atoms with E-state index in [9.17, 15) is 13.6 Å². The molecule has 0 spiro atoms. The summed E-state index contributed by atoms with van der Waals surface area (Å²) in [6.45, 7) is 2.21. The first-order valence-electron chi connectivity index (χ1n) is 8.16. The Kier molecular flexibility index (Phi) is 5.06. The molecule has 6 heteroatoms. The first kappa shape index (κ1) is 17.8. The van der Waals surface area contributed by atoms with Gasteiger partial charge in [0.15, 0.2) is 0 Å². The Morgan fingerprint density at radius 2 is 1.92 bits per heavy atom. The number of halogens is 3. The number of fused-ring (bicyclic) bond motifs is 1. The molecule has 2 aromatic carbocycles. The van der Waals surface area contributed by atoms with Crippen molar-refractivity contribution in [3.63, 3.8) is 0 Å². The van der Waals surface area contributed by atoms with E-state index in [0.717, 1.165) is 30.8 Å². The van der Waals surface area contributed by atoms with Gasteiger partial charge < -0.3 is 10.6 Å². The molecule has 2 aliphatic rings. The van der Waals surface area contributed by atoms with Crippen molar-refractivity contribution in [3.05, 3.63) is 70.3 Å². The summed E-state index contributed by atoms with van der Waals surface area (Å²) in [6.07, 6.45) is 0.570. The molecule has 0 radical (unpaired) electrons. The molecule has 0 saturated heterocycles. The molecule has 1 fully saturated rings. The molecule has 1 aliphatic carbocycles. The highest BCUT2D eigenvalue weighted by atomic mass is 35.5. The minimum Gasteiger partial charge on any atom is -0.352 e. The normalized spacial score (nSPS) is 20.6. The molecule has 2 aromatic rings. The Morgan fingerprint density at radius 3 is 2.76 bits per heavy atom. The zero-order chi connectivity index (χ0) is 16.7. The summed E-state index contributed by atoms with van der Waals surface area (Å²) in [5.74, 6) is -1.49. The maximum Gasteiger partial charge on any atom is 0.224 e. The van der Waals surface area contributed by atoms with Crippen LogP contribution in [0.25, 0.3) is 0 Å². The van der Waals surface area contributed by atoms with E-state index in [-0.39, 0.29) is 30.2 Å². The minimum absolute atomic E-state index is 0. The number of amides is 1. The van der Waals surface area contributed by atoms with Crippen molar-refractivity contribution in [3.8, 4) is 0 Å². The van der Waals surface area contributed by atoms with E-state index in [1.165, 1.54) is 17.2 Å². The average Bonchev–Trinajstić information content (AvgIpc) is 3.24. The fourth-order valence-electron chi connectivity index (χ4n) is 3.41. The maximum absolute atomic E-state index is 13.8. The summed E-state index contributed by atoms with van der Waals surface area (Å²) < 4.78 is 27.0. The second kappa shape index (κ2) is 7.10. The third-order valence-electron chi connectivity index (χ3n) is 4.85. The third-order valence-corrected chi connectivity index (χ3v) is 4.85. The molecule has 132 valence electrons. The van der Waals surface area contributed by atoms with E-state index in [1.807, 2.05) is 6.07 Å². The van der Waals surface area contributed by atoms with Gasteiger partial charge in [-0.2, -0.15) is 0 Å². The lowest BCUT2D eigenvalue weighted by Crippen LogP contribution is -2.25. The molecule has 2 N–H and O–H groups in total. The van der Waals surface area contributed by atoms with E-state index in [2.05, 4.69) is 22.8 Å². The summed E-state index contributed by atoms with van der Waals surface area (Å²) in [5, 5.41) is 6.20. The molecule has 4 rings (SSSR count). The molecule has 2 unspecified atom stereocenters. The Bertz CT molecular complexity index is 812. The number of benzene rings is 2. The van der Waals surface area contributed by atoms with Gasteiger partial charge in [-0.3, -0.25) is 4.79 Å². The fourth-order valence-corrected chi connectivity index (χ4v) is 3.41. The van der Waals surface area contributed by atoms with Crippen LogP contribution in [0, 0.1) is 17.6 Å². The second-order valence-electron chi connectivity index (χ2n) is 6.54. The van der Waals surface area contributed by atoms with Crippen LogP contribution in [0.5, 0.6) is 0 Å². The molecule has 1 aliphatic heterocycles. The van der Waals surface area contributed by atoms with Gasteiger partial charge in [0.2, 0.25) is 5.91 Å². The smallest absolute Gasteiger partial charge is 0.224 e. The lowest BCUT2D eigenvalue weighted by atomic mass is 10.1. The monoisotopic (exact) mass is 364 g/mol. The van der Waals surface area contributed by atoms with Crippen molar-refractivity contribution in [1.29, 1.82) is 0 Å². The topological polar surface area (TPSA) is 41.1 Å². The van der Waals surface area contributed by atoms with E-state index in [4.69, 9.17) is 0 Å². The summed E-state index contributed by atoms with van der Waals surface area (Å²) >= 11 is 0. The van der Waals surface area contributed by atoms with Crippen LogP contribution >= 0.6 is 12.4 Å². The number of hydrogen-bond acceptors (Lipinski definition) is 2. The standard InChI is InChI=1S/C19H18F2N2O.ClH/c20-14-3-4-18(21)16(6-14)15-7-17(15)19(24)23-8-11-1-2-12-9-22-10-13(12)5-11;/h1-6,15,17,22H,7-10H2,(H,23,24);1H. The number of carbonyl (C=O) groups excluding carboxylic acids is 1. The Balaban J connectivity index is 0.00000182. The van der Waals surface area contributed by atoms with Crippen molar-refractivity contribution in [1.82, 2.24) is 10.6 Å². The van der Waals surface area contributed by atoms with Crippen molar-refractivity contribution in [2.75, 3.05) is 0 Å². The SMILES string of the molecule is Cl.O=C(NCc1ccc2c(c1)CNC2)C1CC1c1cc(F)ccc1F. The Labute approximate surface area is 151 Å². The number of nitrogens with one attached hydrogen (secondary N) is 2. The highest BCUT2D eigenvalue weighted by molar-refractivity contribution is 5.85. The molecule has 1 amide bonds. The molecule has 0 aromatic heterocycles. The predicted molar refractivity (Wildman–Crippen MR) is 93.3 cm³/mol. The van der Waals surface area contributed by atoms with Gasteiger partial charge in [0.05, 0.1) is 0 Å². The minimum atomic E-state index is -0.468. The summed E-state index contributed by atoms with van der Waals surface area (Å²) in [6, 6.07) is 9.62. The molecule has 0 bridgehead atoms. The van der Waals surface area contributed by atoms with Crippen LogP contribution in [0.3, 0.4) is 0 Å². The third kappa shape index (κ3) is 3.67. The van der Waals surface area contributed by atoms with Gasteiger partial charge >= 0.3 is 0 Å². The van der Waals surface area contributed by atoms with Gasteiger partial charge in [0.1, 0.15) is 11.6 Å². The van der Waals surface area contributed by atoms with Crippen molar-refractivity contribution >= 4 is 18.3 Å². The second-order valence-corrected chi connectivity index (χ2v) is 6.54. The largest absolute Gasteiger partial charge is 0.352 e. The van der Waals surface area contributed by atoms with Gasteiger partial charge in [-0.25, -0.2) is 8.78 Å². The highest BCUT2D eigenvalue weighted by Crippen LogP contribution is 2.48. The first-order chi connectivity index (χ1) is 11.6. The molecule has 1 heterocycles. The van der Waals surface area contributed by atoms with Gasteiger partial charge in [-0.1, -0.05) is 18.2 Å². The lowest BCUT2D eigenvalue weighted by molar-refractivity contribution is -0.122. The number of carbonyl (C=O) groups is 1. The van der Waals surface area contributed by atoms with Crippen molar-refractivity contribution in [2.24, 2.45) is 5.92 Å². The van der Waals surface area contributed by atoms with Gasteiger partial charge in [-0.15, -0.1) is 12.4 Å². The first-order valence-corrected chi connectivity index (χ1v) is 8.16. The zero-order valence-corrected chi connectivity index (χ0v) is 14.3. The van der Waals surface area contributed by atoms with Gasteiger partial charge in [0, 0.05) is 25.6 Å². The predicted octanol–water partition coefficient (Wildman–Crippen LogP) is 3.41. The Morgan fingerprint density at radius 1 is 1.12 bits per heavy atom. The van der Waals surface area contributed by atoms with E-state index >= 15 is 0 Å². The quantitative estimate of drug-likeness (QED) is 0.873. The fraction of sp³-hybridized carbons (Fsp3) is 0.316.